The number of imide groups is 1. The summed E-state index contributed by atoms with van der Waals surface area (Å²) in [6, 6.07) is 6.65. The quantitative estimate of drug-likeness (QED) is 0.152. The number of carbonyl (C=O) groups excluding carboxylic acids is 3. The predicted octanol–water partition coefficient (Wildman–Crippen LogP) is 5.00. The fourth-order valence-corrected chi connectivity index (χ4v) is 10.4. The first-order valence-electron chi connectivity index (χ1n) is 22.2. The van der Waals surface area contributed by atoms with Gasteiger partial charge in [0.15, 0.2) is 11.3 Å². The number of carbonyl (C=O) groups is 3. The number of aryl methyl sites for hydroxylation is 1. The number of anilines is 2. The highest BCUT2D eigenvalue weighted by molar-refractivity contribution is 6.08. The number of piperidine rings is 2. The second-order valence-electron chi connectivity index (χ2n) is 17.9. The number of hydrogen-bond donors (Lipinski definition) is 2. The molecule has 4 aromatic heterocycles. The number of imidazole rings is 1. The molecule has 5 aliphatic rings. The number of likely N-dealkylation sites (tertiary alicyclic amines) is 1. The van der Waals surface area contributed by atoms with Gasteiger partial charge in [0.2, 0.25) is 11.8 Å². The summed E-state index contributed by atoms with van der Waals surface area (Å²) in [5.41, 5.74) is 1.84. The fraction of sp³-hybridized carbons (Fsp3) is 0.533. The highest BCUT2D eigenvalue weighted by Gasteiger charge is 2.35. The lowest BCUT2D eigenvalue weighted by Crippen LogP contribution is -2.44. The first kappa shape index (κ1) is 41.1. The van der Waals surface area contributed by atoms with E-state index in [0.717, 1.165) is 102 Å². The van der Waals surface area contributed by atoms with E-state index in [1.165, 1.54) is 19.8 Å². The van der Waals surface area contributed by atoms with E-state index in [1.54, 1.807) is 24.1 Å². The zero-order chi connectivity index (χ0) is 43.4. The predicted molar refractivity (Wildman–Crippen MR) is 228 cm³/mol. The summed E-state index contributed by atoms with van der Waals surface area (Å²) in [6.07, 6.45) is 11.1. The second-order valence-corrected chi connectivity index (χ2v) is 17.9. The number of aromatic nitrogens is 7. The Balaban J connectivity index is 0.717. The Hall–Kier alpha value is -5.93. The maximum absolute atomic E-state index is 14.3. The monoisotopic (exact) mass is 863 g/mol. The molecule has 1 aromatic carbocycles. The maximum atomic E-state index is 14.3. The molecule has 10 rings (SSSR count). The van der Waals surface area contributed by atoms with Crippen LogP contribution in [0.1, 0.15) is 111 Å². The Morgan fingerprint density at radius 3 is 2.51 bits per heavy atom. The molecule has 63 heavy (non-hydrogen) atoms. The van der Waals surface area contributed by atoms with Crippen molar-refractivity contribution >= 4 is 45.9 Å². The van der Waals surface area contributed by atoms with Gasteiger partial charge in [0.25, 0.3) is 12.3 Å². The molecule has 2 N–H and O–H groups in total. The Labute approximate surface area is 361 Å². The van der Waals surface area contributed by atoms with Crippen molar-refractivity contribution in [3.63, 3.8) is 0 Å². The van der Waals surface area contributed by atoms with Gasteiger partial charge in [-0.05, 0) is 101 Å². The highest BCUT2D eigenvalue weighted by Crippen LogP contribution is 2.36. The minimum Gasteiger partial charge on any atom is -0.371 e. The summed E-state index contributed by atoms with van der Waals surface area (Å²) < 4.78 is 40.8. The largest absolute Gasteiger partial charge is 0.371 e. The molecule has 330 valence electrons. The number of amides is 3. The average molecular weight is 864 g/mol. The van der Waals surface area contributed by atoms with Crippen LogP contribution in [0.4, 0.5) is 20.3 Å². The molecule has 0 spiro atoms. The van der Waals surface area contributed by atoms with Crippen molar-refractivity contribution in [2.45, 2.75) is 101 Å². The van der Waals surface area contributed by atoms with Crippen LogP contribution in [0.2, 0.25) is 0 Å². The lowest BCUT2D eigenvalue weighted by atomic mass is 9.85. The van der Waals surface area contributed by atoms with Crippen molar-refractivity contribution < 1.29 is 27.9 Å². The van der Waals surface area contributed by atoms with E-state index < -0.39 is 30.0 Å². The second kappa shape index (κ2) is 17.0. The number of halogens is 2. The zero-order valence-corrected chi connectivity index (χ0v) is 35.2. The van der Waals surface area contributed by atoms with Crippen molar-refractivity contribution in [3.8, 4) is 11.8 Å². The minimum atomic E-state index is -2.86. The van der Waals surface area contributed by atoms with Gasteiger partial charge in [-0.15, -0.1) is 0 Å². The van der Waals surface area contributed by atoms with Crippen LogP contribution in [-0.2, 0) is 21.4 Å². The van der Waals surface area contributed by atoms with E-state index in [9.17, 15) is 28.0 Å². The number of nitrogens with zero attached hydrogens (tertiary/aromatic N) is 9. The maximum Gasteiger partial charge on any atom is 0.329 e. The minimum absolute atomic E-state index is 0.00326. The number of rotatable bonds is 9. The highest BCUT2D eigenvalue weighted by atomic mass is 19.3. The number of morpholine rings is 1. The number of nitrogens with one attached hydrogen (secondary N) is 2. The zero-order valence-electron chi connectivity index (χ0n) is 35.2. The molecule has 4 saturated heterocycles. The number of alkyl halides is 2. The van der Waals surface area contributed by atoms with E-state index in [1.807, 2.05) is 24.3 Å². The summed E-state index contributed by atoms with van der Waals surface area (Å²) >= 11 is 0. The Morgan fingerprint density at radius 1 is 0.984 bits per heavy atom. The summed E-state index contributed by atoms with van der Waals surface area (Å²) in [4.78, 5) is 60.7. The number of benzene rings is 1. The van der Waals surface area contributed by atoms with E-state index in [-0.39, 0.29) is 53.9 Å². The Bertz CT molecular complexity index is 2680. The number of fused-ring (bicyclic) bond motifs is 4. The van der Waals surface area contributed by atoms with Crippen LogP contribution in [0.15, 0.2) is 47.7 Å². The molecule has 4 aliphatic heterocycles. The topological polar surface area (TPSA) is 166 Å². The third-order valence-corrected chi connectivity index (χ3v) is 13.8. The molecule has 1 unspecified atom stereocenters. The number of ether oxygens (including phenoxy) is 1. The van der Waals surface area contributed by atoms with Gasteiger partial charge in [-0.3, -0.25) is 33.5 Å². The van der Waals surface area contributed by atoms with Gasteiger partial charge in [-0.2, -0.15) is 10.2 Å². The molecular weight excluding hydrogens is 813 g/mol. The Morgan fingerprint density at radius 2 is 1.76 bits per heavy atom. The number of para-hydroxylation sites is 1. The van der Waals surface area contributed by atoms with Gasteiger partial charge in [0.1, 0.15) is 17.4 Å². The van der Waals surface area contributed by atoms with Crippen LogP contribution in [0.3, 0.4) is 0 Å². The molecule has 18 heteroatoms. The molecule has 8 heterocycles. The van der Waals surface area contributed by atoms with Crippen LogP contribution >= 0.6 is 0 Å². The molecule has 0 radical (unpaired) electrons. The molecule has 1 aliphatic carbocycles. The average Bonchev–Trinajstić information content (AvgIpc) is 4.05. The van der Waals surface area contributed by atoms with Crippen molar-refractivity contribution in [3.05, 3.63) is 70.2 Å². The van der Waals surface area contributed by atoms with Gasteiger partial charge < -0.3 is 19.9 Å². The van der Waals surface area contributed by atoms with Crippen LogP contribution in [0, 0.1) is 23.7 Å². The SMILES string of the molecule is Cn1c(=O)n(C2CCC(=O)NC2=O)c2cccc(C#CCC3CCN(CC4CCC(n5cc(NC(=O)c6cnn7ccc(N8C[C@H]9CC[C@@H](C8)O9)nc67)c(C(F)F)n5)CC4)CC3)c21. The number of hydrogen-bond acceptors (Lipinski definition) is 10. The molecule has 16 nitrogen and oxygen atoms in total. The first-order chi connectivity index (χ1) is 30.6. The van der Waals surface area contributed by atoms with Crippen molar-refractivity contribution in [2.24, 2.45) is 18.9 Å². The molecule has 2 bridgehead atoms. The molecular formula is C45H51F2N11O5. The third kappa shape index (κ3) is 8.12. The van der Waals surface area contributed by atoms with Crippen molar-refractivity contribution in [1.29, 1.82) is 0 Å². The van der Waals surface area contributed by atoms with E-state index >= 15 is 0 Å². The van der Waals surface area contributed by atoms with Crippen molar-refractivity contribution in [1.82, 2.24) is 43.7 Å². The van der Waals surface area contributed by atoms with Crippen LogP contribution in [-0.4, -0.2) is 101 Å². The van der Waals surface area contributed by atoms with Crippen molar-refractivity contribution in [2.75, 3.05) is 42.9 Å². The summed E-state index contributed by atoms with van der Waals surface area (Å²) in [6.45, 7) is 4.43. The lowest BCUT2D eigenvalue weighted by Gasteiger charge is -2.36. The molecule has 5 aromatic rings. The Kier molecular flexibility index (Phi) is 11.1. The smallest absolute Gasteiger partial charge is 0.329 e. The van der Waals surface area contributed by atoms with E-state index in [0.29, 0.717) is 28.5 Å². The molecule has 3 amide bonds. The summed E-state index contributed by atoms with van der Waals surface area (Å²) in [5, 5.41) is 13.7. The van der Waals surface area contributed by atoms with Gasteiger partial charge in [0, 0.05) is 51.9 Å². The normalized spacial score (nSPS) is 24.6. The van der Waals surface area contributed by atoms with Gasteiger partial charge >= 0.3 is 5.69 Å². The summed E-state index contributed by atoms with van der Waals surface area (Å²) in [7, 11) is 1.69. The van der Waals surface area contributed by atoms with Crippen LogP contribution < -0.4 is 21.2 Å². The van der Waals surface area contributed by atoms with E-state index in [2.05, 4.69) is 42.5 Å². The molecule has 5 fully saturated rings. The third-order valence-electron chi connectivity index (χ3n) is 13.8. The van der Waals surface area contributed by atoms with Gasteiger partial charge in [-0.25, -0.2) is 23.1 Å². The fourth-order valence-electron chi connectivity index (χ4n) is 10.4. The van der Waals surface area contributed by atoms with Gasteiger partial charge in [-0.1, -0.05) is 17.9 Å². The molecule has 3 atom stereocenters. The molecule has 1 saturated carbocycles. The first-order valence-corrected chi connectivity index (χ1v) is 22.2. The summed E-state index contributed by atoms with van der Waals surface area (Å²) in [5.74, 6) is 7.03. The lowest BCUT2D eigenvalue weighted by molar-refractivity contribution is -0.135. The van der Waals surface area contributed by atoms with Gasteiger partial charge in [0.05, 0.1) is 46.7 Å². The standard InChI is InChI=1S/C45H51F2N11O5/c1-53-40-29(6-3-7-35(40)58(45(53)62)36-14-15-38(59)51-44(36)61)5-2-4-27-16-19-54(20-17-27)23-28-8-10-30(11-9-28)57-26-34(39(52-57)41(46)47)49-43(60)33-22-48-56-21-18-37(50-42(33)56)55-24-31-12-13-32(25-55)63-31/h3,6-7,18,21-22,26-28,30-32,36,41H,4,8-17,19-20,23-25H2,1H3,(H,49,60)(H,51,59,61)/t28?,30?,31-,32+,36?. The van der Waals surface area contributed by atoms with Crippen LogP contribution in [0.5, 0.6) is 0 Å². The van der Waals surface area contributed by atoms with Crippen LogP contribution in [0.25, 0.3) is 16.7 Å². The van der Waals surface area contributed by atoms with E-state index in [4.69, 9.17) is 9.72 Å².